The summed E-state index contributed by atoms with van der Waals surface area (Å²) in [6, 6.07) is 7.30. The molecule has 0 aliphatic carbocycles. The molecule has 4 heteroatoms. The number of fused-ring (bicyclic) bond motifs is 1. The number of carbonyl (C=O) groups excluding carboxylic acids is 1. The van der Waals surface area contributed by atoms with E-state index in [2.05, 4.69) is 0 Å². The molecule has 4 nitrogen and oxygen atoms in total. The van der Waals surface area contributed by atoms with Crippen molar-refractivity contribution in [1.82, 2.24) is 0 Å². The molecule has 1 N–H and O–H groups in total. The minimum absolute atomic E-state index is 0.0899. The zero-order valence-corrected chi connectivity index (χ0v) is 11.9. The molecule has 0 atom stereocenters. The van der Waals surface area contributed by atoms with Gasteiger partial charge in [-0.3, -0.25) is 0 Å². The third-order valence-electron chi connectivity index (χ3n) is 3.15. The fourth-order valence-corrected chi connectivity index (χ4v) is 2.26. The average molecular weight is 274 g/mol. The van der Waals surface area contributed by atoms with Gasteiger partial charge in [0.05, 0.1) is 13.2 Å². The highest BCUT2D eigenvalue weighted by Gasteiger charge is 2.23. The molecular formula is C16H18O4. The van der Waals surface area contributed by atoms with Crippen molar-refractivity contribution in [2.75, 3.05) is 13.2 Å². The maximum Gasteiger partial charge on any atom is 0.342 e. The standard InChI is InChI=1S/C16H18O4/c1-4-19-15-12-9-7-6-8-11(12)14(17)10(3)13(15)16(18)20-5-2/h6-9,17H,4-5H2,1-3H3. The molecule has 0 fully saturated rings. The molecule has 2 rings (SSSR count). The van der Waals surface area contributed by atoms with Crippen LogP contribution >= 0.6 is 0 Å². The predicted molar refractivity (Wildman–Crippen MR) is 77.5 cm³/mol. The molecule has 106 valence electrons. The number of hydrogen-bond acceptors (Lipinski definition) is 4. The van der Waals surface area contributed by atoms with Crippen molar-refractivity contribution < 1.29 is 19.4 Å². The largest absolute Gasteiger partial charge is 0.507 e. The van der Waals surface area contributed by atoms with Crippen LogP contribution in [0.3, 0.4) is 0 Å². The van der Waals surface area contributed by atoms with Crippen molar-refractivity contribution in [2.24, 2.45) is 0 Å². The van der Waals surface area contributed by atoms with Crippen molar-refractivity contribution in [3.63, 3.8) is 0 Å². The van der Waals surface area contributed by atoms with Crippen LogP contribution in [-0.2, 0) is 4.74 Å². The minimum atomic E-state index is -0.477. The van der Waals surface area contributed by atoms with E-state index in [0.717, 1.165) is 0 Å². The molecule has 0 aliphatic heterocycles. The van der Waals surface area contributed by atoms with E-state index in [9.17, 15) is 9.90 Å². The first-order valence-corrected chi connectivity index (χ1v) is 6.65. The normalized spacial score (nSPS) is 10.6. The molecule has 0 aromatic heterocycles. The number of rotatable bonds is 4. The molecule has 0 heterocycles. The van der Waals surface area contributed by atoms with Gasteiger partial charge in [-0.15, -0.1) is 0 Å². The van der Waals surface area contributed by atoms with Crippen molar-refractivity contribution in [3.05, 3.63) is 35.4 Å². The van der Waals surface area contributed by atoms with Gasteiger partial charge in [-0.25, -0.2) is 4.79 Å². The molecule has 0 spiro atoms. The van der Waals surface area contributed by atoms with E-state index in [-0.39, 0.29) is 12.4 Å². The summed E-state index contributed by atoms with van der Waals surface area (Å²) in [7, 11) is 0. The molecule has 2 aromatic carbocycles. The van der Waals surface area contributed by atoms with Gasteiger partial charge < -0.3 is 14.6 Å². The molecule has 0 radical (unpaired) electrons. The number of esters is 1. The zero-order valence-electron chi connectivity index (χ0n) is 11.9. The Bertz CT molecular complexity index is 646. The quantitative estimate of drug-likeness (QED) is 0.868. The van der Waals surface area contributed by atoms with Gasteiger partial charge in [-0.1, -0.05) is 24.3 Å². The predicted octanol–water partition coefficient (Wildman–Crippen LogP) is 3.43. The number of benzene rings is 2. The van der Waals surface area contributed by atoms with E-state index >= 15 is 0 Å². The number of carbonyl (C=O) groups is 1. The van der Waals surface area contributed by atoms with Gasteiger partial charge in [0.25, 0.3) is 0 Å². The Morgan fingerprint density at radius 3 is 2.40 bits per heavy atom. The van der Waals surface area contributed by atoms with E-state index in [1.807, 2.05) is 25.1 Å². The first kappa shape index (κ1) is 14.2. The number of hydrogen-bond donors (Lipinski definition) is 1. The second-order valence-corrected chi connectivity index (χ2v) is 4.38. The topological polar surface area (TPSA) is 55.8 Å². The lowest BCUT2D eigenvalue weighted by Crippen LogP contribution is -2.10. The van der Waals surface area contributed by atoms with Gasteiger partial charge >= 0.3 is 5.97 Å². The number of ether oxygens (including phenoxy) is 2. The smallest absolute Gasteiger partial charge is 0.342 e. The summed E-state index contributed by atoms with van der Waals surface area (Å²) in [4.78, 5) is 12.1. The summed E-state index contributed by atoms with van der Waals surface area (Å²) < 4.78 is 10.7. The lowest BCUT2D eigenvalue weighted by Gasteiger charge is -2.16. The number of phenolic OH excluding ortho intramolecular Hbond substituents is 1. The Labute approximate surface area is 117 Å². The summed E-state index contributed by atoms with van der Waals surface area (Å²) >= 11 is 0. The fraction of sp³-hybridized carbons (Fsp3) is 0.312. The third kappa shape index (κ3) is 2.29. The van der Waals surface area contributed by atoms with Crippen LogP contribution in [-0.4, -0.2) is 24.3 Å². The summed E-state index contributed by atoms with van der Waals surface area (Å²) in [5.74, 6) is 0.0819. The molecule has 0 bridgehead atoms. The summed E-state index contributed by atoms with van der Waals surface area (Å²) in [5, 5.41) is 11.7. The molecule has 20 heavy (non-hydrogen) atoms. The molecule has 0 amide bonds. The van der Waals surface area contributed by atoms with Crippen molar-refractivity contribution in [2.45, 2.75) is 20.8 Å². The van der Waals surface area contributed by atoms with Gasteiger partial charge in [0, 0.05) is 16.3 Å². The first-order chi connectivity index (χ1) is 9.61. The maximum absolute atomic E-state index is 12.1. The Kier molecular flexibility index (Phi) is 4.13. The number of aromatic hydroxyl groups is 1. The summed E-state index contributed by atoms with van der Waals surface area (Å²) in [5.41, 5.74) is 0.774. The van der Waals surface area contributed by atoms with Gasteiger partial charge in [0.1, 0.15) is 17.1 Å². The van der Waals surface area contributed by atoms with Gasteiger partial charge in [0.2, 0.25) is 0 Å². The minimum Gasteiger partial charge on any atom is -0.507 e. The van der Waals surface area contributed by atoms with Crippen LogP contribution in [0.2, 0.25) is 0 Å². The summed E-state index contributed by atoms with van der Waals surface area (Å²) in [6.45, 7) is 6.00. The molecule has 0 saturated heterocycles. The molecule has 0 aliphatic rings. The highest BCUT2D eigenvalue weighted by Crippen LogP contribution is 2.40. The Morgan fingerprint density at radius 2 is 1.80 bits per heavy atom. The Balaban J connectivity index is 2.80. The molecule has 0 saturated carbocycles. The van der Waals surface area contributed by atoms with Crippen LogP contribution in [0.15, 0.2) is 24.3 Å². The molecule has 2 aromatic rings. The van der Waals surface area contributed by atoms with Crippen LogP contribution in [0.4, 0.5) is 0 Å². The van der Waals surface area contributed by atoms with Crippen molar-refractivity contribution in [3.8, 4) is 11.5 Å². The van der Waals surface area contributed by atoms with Crippen LogP contribution in [0, 0.1) is 6.92 Å². The van der Waals surface area contributed by atoms with Gasteiger partial charge in [0.15, 0.2) is 0 Å². The van der Waals surface area contributed by atoms with Crippen LogP contribution in [0.5, 0.6) is 11.5 Å². The van der Waals surface area contributed by atoms with E-state index in [4.69, 9.17) is 9.47 Å². The van der Waals surface area contributed by atoms with E-state index in [0.29, 0.717) is 34.3 Å². The van der Waals surface area contributed by atoms with Crippen LogP contribution < -0.4 is 4.74 Å². The van der Waals surface area contributed by atoms with Crippen LogP contribution in [0.25, 0.3) is 10.8 Å². The van der Waals surface area contributed by atoms with Crippen molar-refractivity contribution >= 4 is 16.7 Å². The van der Waals surface area contributed by atoms with E-state index in [1.165, 1.54) is 0 Å². The first-order valence-electron chi connectivity index (χ1n) is 6.65. The third-order valence-corrected chi connectivity index (χ3v) is 3.15. The second kappa shape index (κ2) is 5.82. The van der Waals surface area contributed by atoms with E-state index in [1.54, 1.807) is 19.9 Å². The SMILES string of the molecule is CCOC(=O)c1c(C)c(O)c2ccccc2c1OCC. The highest BCUT2D eigenvalue weighted by molar-refractivity contribution is 6.05. The monoisotopic (exact) mass is 274 g/mol. The number of phenols is 1. The lowest BCUT2D eigenvalue weighted by molar-refractivity contribution is 0.0521. The molecule has 0 unspecified atom stereocenters. The molecular weight excluding hydrogens is 256 g/mol. The zero-order chi connectivity index (χ0) is 14.7. The van der Waals surface area contributed by atoms with E-state index < -0.39 is 5.97 Å². The summed E-state index contributed by atoms with van der Waals surface area (Å²) in [6.07, 6.45) is 0. The van der Waals surface area contributed by atoms with Gasteiger partial charge in [-0.2, -0.15) is 0 Å². The van der Waals surface area contributed by atoms with Crippen LogP contribution in [0.1, 0.15) is 29.8 Å². The Hall–Kier alpha value is -2.23. The highest BCUT2D eigenvalue weighted by atomic mass is 16.5. The lowest BCUT2D eigenvalue weighted by atomic mass is 9.98. The average Bonchev–Trinajstić information content (AvgIpc) is 2.45. The van der Waals surface area contributed by atoms with Gasteiger partial charge in [-0.05, 0) is 20.8 Å². The second-order valence-electron chi connectivity index (χ2n) is 4.38. The fourth-order valence-electron chi connectivity index (χ4n) is 2.26. The Morgan fingerprint density at radius 1 is 1.15 bits per heavy atom. The maximum atomic E-state index is 12.1. The van der Waals surface area contributed by atoms with Crippen molar-refractivity contribution in [1.29, 1.82) is 0 Å².